The van der Waals surface area contributed by atoms with Gasteiger partial charge >= 0.3 is 7.82 Å². The Morgan fingerprint density at radius 2 is 0.793 bits per heavy atom. The first kappa shape index (κ1) is 33.0. The third-order valence-electron chi connectivity index (χ3n) is 4.60. The lowest BCUT2D eigenvalue weighted by molar-refractivity contribution is 0.0537. The van der Waals surface area contributed by atoms with Crippen LogP contribution in [0.5, 0.6) is 0 Å². The molecule has 0 saturated carbocycles. The number of rotatable bonds is 18. The summed E-state index contributed by atoms with van der Waals surface area (Å²) in [6.45, 7) is 2.77. The molecule has 0 bridgehead atoms. The summed E-state index contributed by atoms with van der Waals surface area (Å²) < 4.78 is 31.2. The zero-order valence-electron chi connectivity index (χ0n) is 16.1. The van der Waals surface area contributed by atoms with E-state index in [1.807, 2.05) is 0 Å². The predicted octanol–water partition coefficient (Wildman–Crippen LogP) is 8.67. The lowest BCUT2D eigenvalue weighted by Gasteiger charge is -2.34. The van der Waals surface area contributed by atoms with Gasteiger partial charge < -0.3 is 0 Å². The van der Waals surface area contributed by atoms with Gasteiger partial charge in [0.1, 0.15) is 0 Å². The minimum Gasteiger partial charge on any atom is -0.286 e. The van der Waals surface area contributed by atoms with Gasteiger partial charge in [-0.15, -0.1) is 0 Å². The van der Waals surface area contributed by atoms with Crippen LogP contribution in [-0.2, 0) is 18.1 Å². The molecule has 0 aliphatic heterocycles. The first-order valence-corrected chi connectivity index (χ1v) is 19.1. The molecule has 29 heavy (non-hydrogen) atoms. The molecule has 0 heterocycles. The van der Waals surface area contributed by atoms with Crippen LogP contribution in [0.15, 0.2) is 0 Å². The number of phosphoric acid groups is 1. The van der Waals surface area contributed by atoms with E-state index < -0.39 is 7.82 Å². The fourth-order valence-corrected chi connectivity index (χ4v) is 11.7. The van der Waals surface area contributed by atoms with E-state index in [4.69, 9.17) is 13.6 Å². The van der Waals surface area contributed by atoms with Crippen LogP contribution in [0.25, 0.3) is 0 Å². The average molecular weight is 954 g/mol. The summed E-state index contributed by atoms with van der Waals surface area (Å²) in [5.74, 6) is 0. The van der Waals surface area contributed by atoms with E-state index in [1.54, 1.807) is 0 Å². The van der Waals surface area contributed by atoms with Crippen LogP contribution in [0.3, 0.4) is 0 Å². The number of hydrogen-bond donors (Lipinski definition) is 0. The number of alkyl halides is 8. The normalized spacial score (nSPS) is 13.8. The van der Waals surface area contributed by atoms with E-state index in [9.17, 15) is 4.57 Å². The van der Waals surface area contributed by atoms with Crippen molar-refractivity contribution in [3.05, 3.63) is 0 Å². The second-order valence-electron chi connectivity index (χ2n) is 7.19. The molecule has 13 heteroatoms. The zero-order chi connectivity index (χ0) is 22.6. The van der Waals surface area contributed by atoms with Crippen molar-refractivity contribution < 1.29 is 18.1 Å². The van der Waals surface area contributed by atoms with E-state index >= 15 is 0 Å². The molecule has 0 aromatic carbocycles. The second kappa shape index (κ2) is 16.6. The molecule has 0 fully saturated rings. The summed E-state index contributed by atoms with van der Waals surface area (Å²) >= 11 is 28.3. The maximum Gasteiger partial charge on any atom is 0.474 e. The second-order valence-corrected chi connectivity index (χ2v) is 13.3. The van der Waals surface area contributed by atoms with Crippen LogP contribution >= 0.6 is 135 Å². The molecule has 0 atom stereocenters. The standard InChI is InChI=1S/C16H27Br8O4P/c1-2-14(3-17,4-18)11-26-29(25,27-12-15(5-19,6-20)7-21)28-13-16(8-22,9-23)10-24/h2-13H2,1H3. The van der Waals surface area contributed by atoms with Gasteiger partial charge in [-0.2, -0.15) is 0 Å². The Balaban J connectivity index is 5.53. The van der Waals surface area contributed by atoms with Crippen LogP contribution < -0.4 is 0 Å². The lowest BCUT2D eigenvalue weighted by Crippen LogP contribution is -2.35. The number of phosphoric ester groups is 1. The van der Waals surface area contributed by atoms with Crippen molar-refractivity contribution in [2.24, 2.45) is 16.2 Å². The SMILES string of the molecule is CCC(CBr)(CBr)COP(=O)(OCC(CBr)(CBr)CBr)OCC(CBr)(CBr)CBr. The molecule has 0 spiro atoms. The van der Waals surface area contributed by atoms with E-state index in [0.717, 1.165) is 6.42 Å². The van der Waals surface area contributed by atoms with E-state index in [-0.39, 0.29) is 36.1 Å². The summed E-state index contributed by atoms with van der Waals surface area (Å²) in [6.07, 6.45) is 0.853. The fourth-order valence-electron chi connectivity index (χ4n) is 1.61. The Morgan fingerprint density at radius 3 is 1.00 bits per heavy atom. The summed E-state index contributed by atoms with van der Waals surface area (Å²) in [7, 11) is -3.79. The maximum absolute atomic E-state index is 13.6. The van der Waals surface area contributed by atoms with Gasteiger partial charge in [-0.05, 0) is 6.42 Å². The molecule has 4 nitrogen and oxygen atoms in total. The fraction of sp³-hybridized carbons (Fsp3) is 1.00. The number of halogens is 8. The Bertz CT molecular complexity index is 396. The predicted molar refractivity (Wildman–Crippen MR) is 153 cm³/mol. The maximum atomic E-state index is 13.6. The first-order chi connectivity index (χ1) is 13.7. The molecule has 0 unspecified atom stereocenters. The van der Waals surface area contributed by atoms with Crippen molar-refractivity contribution in [3.63, 3.8) is 0 Å². The Kier molecular flexibility index (Phi) is 18.9. The summed E-state index contributed by atoms with van der Waals surface area (Å²) in [5, 5.41) is 5.46. The van der Waals surface area contributed by atoms with Crippen molar-refractivity contribution in [3.8, 4) is 0 Å². The highest BCUT2D eigenvalue weighted by atomic mass is 79.9. The van der Waals surface area contributed by atoms with E-state index in [1.165, 1.54) is 0 Å². The minimum atomic E-state index is -3.79. The Hall–Kier alpha value is 3.95. The zero-order valence-corrected chi connectivity index (χ0v) is 29.7. The van der Waals surface area contributed by atoms with Gasteiger partial charge in [-0.3, -0.25) is 13.6 Å². The van der Waals surface area contributed by atoms with Crippen LogP contribution in [0.4, 0.5) is 0 Å². The van der Waals surface area contributed by atoms with Crippen LogP contribution in [0.2, 0.25) is 0 Å². The molecule has 0 aromatic heterocycles. The highest BCUT2D eigenvalue weighted by molar-refractivity contribution is 9.11. The van der Waals surface area contributed by atoms with Crippen molar-refractivity contribution in [1.82, 2.24) is 0 Å². The molecule has 0 radical (unpaired) electrons. The van der Waals surface area contributed by atoms with Gasteiger partial charge in [0, 0.05) is 58.9 Å². The summed E-state index contributed by atoms with van der Waals surface area (Å²) in [4.78, 5) is 0. The van der Waals surface area contributed by atoms with Gasteiger partial charge in [-0.25, -0.2) is 4.57 Å². The van der Waals surface area contributed by atoms with Gasteiger partial charge in [-0.1, -0.05) is 134 Å². The highest BCUT2D eigenvalue weighted by Gasteiger charge is 2.39. The van der Waals surface area contributed by atoms with Gasteiger partial charge in [0.05, 0.1) is 19.8 Å². The minimum absolute atomic E-state index is 0.197. The molecule has 176 valence electrons. The molecule has 0 aromatic rings. The summed E-state index contributed by atoms with van der Waals surface area (Å²) in [5.41, 5.74) is -0.740. The first-order valence-electron chi connectivity index (χ1n) is 8.68. The quantitative estimate of drug-likeness (QED) is 0.102. The topological polar surface area (TPSA) is 44.8 Å². The molecule has 0 aliphatic carbocycles. The van der Waals surface area contributed by atoms with Crippen molar-refractivity contribution >= 4 is 135 Å². The van der Waals surface area contributed by atoms with Gasteiger partial charge in [0.15, 0.2) is 0 Å². The van der Waals surface area contributed by atoms with Crippen molar-refractivity contribution in [2.45, 2.75) is 13.3 Å². The third-order valence-corrected chi connectivity index (χ3v) is 15.5. The molecule has 0 saturated heterocycles. The van der Waals surface area contributed by atoms with Crippen LogP contribution in [0, 0.1) is 16.2 Å². The monoisotopic (exact) mass is 946 g/mol. The smallest absolute Gasteiger partial charge is 0.286 e. The van der Waals surface area contributed by atoms with Gasteiger partial charge in [0.2, 0.25) is 0 Å². The van der Waals surface area contributed by atoms with Crippen LogP contribution in [0.1, 0.15) is 13.3 Å². The van der Waals surface area contributed by atoms with Gasteiger partial charge in [0.25, 0.3) is 0 Å². The van der Waals surface area contributed by atoms with Crippen LogP contribution in [-0.4, -0.2) is 62.5 Å². The van der Waals surface area contributed by atoms with E-state index in [2.05, 4.69) is 134 Å². The largest absolute Gasteiger partial charge is 0.474 e. The van der Waals surface area contributed by atoms with E-state index in [0.29, 0.717) is 42.6 Å². The molecule has 0 amide bonds. The Morgan fingerprint density at radius 1 is 0.552 bits per heavy atom. The molecule has 0 N–H and O–H groups in total. The third kappa shape index (κ3) is 10.6. The van der Waals surface area contributed by atoms with Crippen molar-refractivity contribution in [1.29, 1.82) is 0 Å². The molecule has 0 aliphatic rings. The highest BCUT2D eigenvalue weighted by Crippen LogP contribution is 2.53. The molecular formula is C16H27Br8O4P. The Labute approximate surface area is 242 Å². The summed E-state index contributed by atoms with van der Waals surface area (Å²) in [6, 6.07) is 0. The molecule has 0 rings (SSSR count). The lowest BCUT2D eigenvalue weighted by atomic mass is 9.92. The van der Waals surface area contributed by atoms with Crippen molar-refractivity contribution in [2.75, 3.05) is 62.5 Å². The number of hydrogen-bond acceptors (Lipinski definition) is 4. The average Bonchev–Trinajstić information content (AvgIpc) is 2.78. The molecular weight excluding hydrogens is 926 g/mol.